The van der Waals surface area contributed by atoms with Gasteiger partial charge in [-0.05, 0) is 13.0 Å². The first kappa shape index (κ1) is 17.4. The van der Waals surface area contributed by atoms with Crippen LogP contribution in [0.15, 0.2) is 17.8 Å². The second kappa shape index (κ2) is 7.38. The molecule has 0 bridgehead atoms. The SMILES string of the molecule is CCOC(=O)/C(=C\N(C)C)C(=O)c1nc(F)c(Cl)cc1Cl. The number of hydrogen-bond acceptors (Lipinski definition) is 5. The molecule has 0 N–H and O–H groups in total. The minimum Gasteiger partial charge on any atom is -0.462 e. The van der Waals surface area contributed by atoms with E-state index < -0.39 is 23.4 Å². The fourth-order valence-electron chi connectivity index (χ4n) is 1.40. The standard InChI is InChI=1S/C13H13Cl2FN2O3/c1-4-21-13(20)7(6-18(2)3)11(19)10-8(14)5-9(15)12(16)17-10/h5-6H,4H2,1-3H3/b7-6-. The van der Waals surface area contributed by atoms with Gasteiger partial charge in [0.2, 0.25) is 11.7 Å². The van der Waals surface area contributed by atoms with Crippen LogP contribution in [-0.2, 0) is 9.53 Å². The topological polar surface area (TPSA) is 59.5 Å². The Morgan fingerprint density at radius 3 is 2.52 bits per heavy atom. The van der Waals surface area contributed by atoms with Crippen LogP contribution in [0, 0.1) is 5.95 Å². The molecule has 1 heterocycles. The number of ether oxygens (including phenoxy) is 1. The Morgan fingerprint density at radius 2 is 2.00 bits per heavy atom. The maximum absolute atomic E-state index is 13.4. The van der Waals surface area contributed by atoms with E-state index in [1.54, 1.807) is 21.0 Å². The lowest BCUT2D eigenvalue weighted by atomic mass is 10.1. The number of esters is 1. The maximum Gasteiger partial charge on any atom is 0.343 e. The number of halogens is 3. The van der Waals surface area contributed by atoms with Gasteiger partial charge in [0.15, 0.2) is 0 Å². The van der Waals surface area contributed by atoms with Crippen molar-refractivity contribution in [1.29, 1.82) is 0 Å². The fourth-order valence-corrected chi connectivity index (χ4v) is 1.85. The van der Waals surface area contributed by atoms with E-state index in [2.05, 4.69) is 4.98 Å². The first-order valence-electron chi connectivity index (χ1n) is 5.89. The summed E-state index contributed by atoms with van der Waals surface area (Å²) >= 11 is 11.4. The summed E-state index contributed by atoms with van der Waals surface area (Å²) in [7, 11) is 3.23. The second-order valence-electron chi connectivity index (χ2n) is 4.15. The van der Waals surface area contributed by atoms with Crippen molar-refractivity contribution in [3.63, 3.8) is 0 Å². The van der Waals surface area contributed by atoms with Crippen LogP contribution in [0.4, 0.5) is 4.39 Å². The highest BCUT2D eigenvalue weighted by Gasteiger charge is 2.26. The van der Waals surface area contributed by atoms with Crippen molar-refractivity contribution < 1.29 is 18.7 Å². The van der Waals surface area contributed by atoms with E-state index in [1.807, 2.05) is 0 Å². The summed E-state index contributed by atoms with van der Waals surface area (Å²) in [5.41, 5.74) is -0.710. The van der Waals surface area contributed by atoms with Gasteiger partial charge in [-0.25, -0.2) is 9.78 Å². The van der Waals surface area contributed by atoms with Crippen LogP contribution >= 0.6 is 23.2 Å². The molecule has 0 amide bonds. The first-order chi connectivity index (χ1) is 9.77. The maximum atomic E-state index is 13.4. The highest BCUT2D eigenvalue weighted by atomic mass is 35.5. The van der Waals surface area contributed by atoms with E-state index in [-0.39, 0.29) is 22.2 Å². The van der Waals surface area contributed by atoms with Gasteiger partial charge in [0.05, 0.1) is 16.7 Å². The third-order valence-electron chi connectivity index (χ3n) is 2.23. The van der Waals surface area contributed by atoms with Gasteiger partial charge in [-0.15, -0.1) is 0 Å². The number of aromatic nitrogens is 1. The molecule has 1 rings (SSSR count). The van der Waals surface area contributed by atoms with Crippen LogP contribution < -0.4 is 0 Å². The molecule has 0 radical (unpaired) electrons. The smallest absolute Gasteiger partial charge is 0.343 e. The van der Waals surface area contributed by atoms with Gasteiger partial charge >= 0.3 is 5.97 Å². The Kier molecular flexibility index (Phi) is 6.11. The molecule has 0 aliphatic carbocycles. The second-order valence-corrected chi connectivity index (χ2v) is 4.96. The summed E-state index contributed by atoms with van der Waals surface area (Å²) < 4.78 is 18.2. The van der Waals surface area contributed by atoms with Gasteiger partial charge < -0.3 is 9.64 Å². The number of pyridine rings is 1. The summed E-state index contributed by atoms with van der Waals surface area (Å²) in [5.74, 6) is -2.73. The van der Waals surface area contributed by atoms with E-state index in [9.17, 15) is 14.0 Å². The van der Waals surface area contributed by atoms with Crippen LogP contribution in [0.3, 0.4) is 0 Å². The average Bonchev–Trinajstić information content (AvgIpc) is 2.39. The number of carbonyl (C=O) groups is 2. The van der Waals surface area contributed by atoms with Crippen molar-refractivity contribution in [2.75, 3.05) is 20.7 Å². The van der Waals surface area contributed by atoms with Crippen LogP contribution in [0.25, 0.3) is 0 Å². The van der Waals surface area contributed by atoms with Gasteiger partial charge in [0, 0.05) is 20.3 Å². The van der Waals surface area contributed by atoms with E-state index in [4.69, 9.17) is 27.9 Å². The summed E-state index contributed by atoms with van der Waals surface area (Å²) in [6.45, 7) is 1.69. The van der Waals surface area contributed by atoms with Gasteiger partial charge in [0.25, 0.3) is 0 Å². The monoisotopic (exact) mass is 334 g/mol. The zero-order chi connectivity index (χ0) is 16.2. The molecule has 1 aromatic rings. The Labute approximate surface area is 131 Å². The first-order valence-corrected chi connectivity index (χ1v) is 6.65. The fraction of sp³-hybridized carbons (Fsp3) is 0.308. The Morgan fingerprint density at radius 1 is 1.38 bits per heavy atom. The molecule has 1 aromatic heterocycles. The minimum absolute atomic E-state index is 0.0903. The minimum atomic E-state index is -1.04. The number of rotatable bonds is 5. The zero-order valence-electron chi connectivity index (χ0n) is 11.6. The molecular formula is C13H13Cl2FN2O3. The number of Topliss-reactive ketones (excluding diaryl/α,β-unsaturated/α-hetero) is 1. The van der Waals surface area contributed by atoms with Crippen molar-refractivity contribution in [2.24, 2.45) is 0 Å². The van der Waals surface area contributed by atoms with Crippen LogP contribution in [-0.4, -0.2) is 42.3 Å². The van der Waals surface area contributed by atoms with Crippen molar-refractivity contribution in [2.45, 2.75) is 6.92 Å². The molecule has 0 fully saturated rings. The van der Waals surface area contributed by atoms with Crippen molar-refractivity contribution in [3.8, 4) is 0 Å². The lowest BCUT2D eigenvalue weighted by Gasteiger charge is -2.11. The molecule has 0 saturated heterocycles. The summed E-state index contributed by atoms with van der Waals surface area (Å²) in [6.07, 6.45) is 1.25. The summed E-state index contributed by atoms with van der Waals surface area (Å²) in [5, 5.41) is -0.467. The van der Waals surface area contributed by atoms with Crippen LogP contribution in [0.2, 0.25) is 10.0 Å². The Hall–Kier alpha value is -1.66. The highest BCUT2D eigenvalue weighted by Crippen LogP contribution is 2.24. The molecule has 21 heavy (non-hydrogen) atoms. The van der Waals surface area contributed by atoms with E-state index >= 15 is 0 Å². The normalized spacial score (nSPS) is 11.2. The van der Waals surface area contributed by atoms with Crippen molar-refractivity contribution in [1.82, 2.24) is 9.88 Å². The van der Waals surface area contributed by atoms with Gasteiger partial charge in [-0.3, -0.25) is 4.79 Å². The third kappa shape index (κ3) is 4.41. The molecule has 0 aromatic carbocycles. The number of ketones is 1. The lowest BCUT2D eigenvalue weighted by Crippen LogP contribution is -2.20. The lowest BCUT2D eigenvalue weighted by molar-refractivity contribution is -0.138. The van der Waals surface area contributed by atoms with E-state index in [0.29, 0.717) is 0 Å². The van der Waals surface area contributed by atoms with Crippen LogP contribution in [0.1, 0.15) is 17.4 Å². The molecule has 5 nitrogen and oxygen atoms in total. The molecule has 0 unspecified atom stereocenters. The molecule has 0 aliphatic rings. The molecule has 0 aliphatic heterocycles. The van der Waals surface area contributed by atoms with E-state index in [1.165, 1.54) is 11.1 Å². The predicted molar refractivity (Wildman–Crippen MR) is 76.9 cm³/mol. The molecule has 0 spiro atoms. The van der Waals surface area contributed by atoms with Crippen molar-refractivity contribution in [3.05, 3.63) is 39.5 Å². The largest absolute Gasteiger partial charge is 0.462 e. The van der Waals surface area contributed by atoms with Gasteiger partial charge in [0.1, 0.15) is 11.3 Å². The number of carbonyl (C=O) groups excluding carboxylic acids is 2. The quantitative estimate of drug-likeness (QED) is 0.207. The van der Waals surface area contributed by atoms with Gasteiger partial charge in [-0.2, -0.15) is 4.39 Å². The highest BCUT2D eigenvalue weighted by molar-refractivity contribution is 6.38. The molecular weight excluding hydrogens is 322 g/mol. The number of nitrogens with zero attached hydrogens (tertiary/aromatic N) is 2. The molecule has 0 saturated carbocycles. The zero-order valence-corrected chi connectivity index (χ0v) is 13.1. The third-order valence-corrected chi connectivity index (χ3v) is 2.78. The predicted octanol–water partition coefficient (Wildman–Crippen LogP) is 2.72. The number of hydrogen-bond donors (Lipinski definition) is 0. The molecule has 8 heteroatoms. The van der Waals surface area contributed by atoms with Crippen LogP contribution in [0.5, 0.6) is 0 Å². The average molecular weight is 335 g/mol. The molecule has 0 atom stereocenters. The Bertz CT molecular complexity index is 603. The van der Waals surface area contributed by atoms with Crippen molar-refractivity contribution >= 4 is 35.0 Å². The Balaban J connectivity index is 3.30. The van der Waals surface area contributed by atoms with Gasteiger partial charge in [-0.1, -0.05) is 23.2 Å². The van der Waals surface area contributed by atoms with E-state index in [0.717, 1.165) is 6.07 Å². The summed E-state index contributed by atoms with van der Waals surface area (Å²) in [4.78, 5) is 29.0. The summed E-state index contributed by atoms with van der Waals surface area (Å²) in [6, 6.07) is 1.05. The molecule has 114 valence electrons.